The predicted octanol–water partition coefficient (Wildman–Crippen LogP) is 8.32. The lowest BCUT2D eigenvalue weighted by molar-refractivity contribution is -0.119. The second-order valence-electron chi connectivity index (χ2n) is 13.2. The Hall–Kier alpha value is -4.94. The topological polar surface area (TPSA) is 114 Å². The molecule has 1 aliphatic carbocycles. The van der Waals surface area contributed by atoms with E-state index in [0.717, 1.165) is 64.7 Å². The van der Waals surface area contributed by atoms with Gasteiger partial charge in [-0.1, -0.05) is 55.8 Å². The smallest absolute Gasteiger partial charge is 0.280 e. The first-order valence-corrected chi connectivity index (χ1v) is 18.3. The average molecular weight is 744 g/mol. The third-order valence-electron chi connectivity index (χ3n) is 10.1. The SMILES string of the molecule is CC.COc1nc(-c2cccc(-c3cccc(Nc4nc(C(F)F)cc5cnn(C)c(=O)c45)c3C)c2Cl)cc2c1C(N(C)CCC1CCC(=O)N1)CC2. The number of hydrogen-bond acceptors (Lipinski definition) is 8. The zero-order chi connectivity index (χ0) is 38.0. The molecule has 0 bridgehead atoms. The van der Waals surface area contributed by atoms with E-state index >= 15 is 0 Å². The number of carbonyl (C=O) groups excluding carboxylic acids is 1. The number of nitrogens with zero attached hydrogens (tertiary/aromatic N) is 5. The van der Waals surface area contributed by atoms with E-state index in [1.807, 2.05) is 51.1 Å². The van der Waals surface area contributed by atoms with Gasteiger partial charge in [0, 0.05) is 59.9 Å². The van der Waals surface area contributed by atoms with Crippen LogP contribution in [0.25, 0.3) is 33.2 Å². The largest absolute Gasteiger partial charge is 0.481 e. The molecule has 1 saturated heterocycles. The van der Waals surface area contributed by atoms with E-state index in [9.17, 15) is 18.4 Å². The van der Waals surface area contributed by atoms with Crippen molar-refractivity contribution in [2.45, 2.75) is 71.4 Å². The van der Waals surface area contributed by atoms with Crippen molar-refractivity contribution < 1.29 is 18.3 Å². The third-order valence-corrected chi connectivity index (χ3v) is 10.5. The molecule has 2 N–H and O–H groups in total. The van der Waals surface area contributed by atoms with Crippen molar-refractivity contribution in [2.24, 2.45) is 7.05 Å². The number of carbonyl (C=O) groups is 1. The van der Waals surface area contributed by atoms with E-state index in [-0.39, 0.29) is 34.6 Å². The Morgan fingerprint density at radius 1 is 1.06 bits per heavy atom. The van der Waals surface area contributed by atoms with Gasteiger partial charge in [0.15, 0.2) is 0 Å². The summed E-state index contributed by atoms with van der Waals surface area (Å²) in [5.41, 5.74) is 5.71. The molecule has 2 aliphatic rings. The highest BCUT2D eigenvalue weighted by Gasteiger charge is 2.32. The fraction of sp³-hybridized carbons (Fsp3) is 0.375. The molecule has 4 heterocycles. The van der Waals surface area contributed by atoms with E-state index in [2.05, 4.69) is 38.7 Å². The van der Waals surface area contributed by atoms with Gasteiger partial charge in [-0.3, -0.25) is 14.5 Å². The Morgan fingerprint density at radius 3 is 2.51 bits per heavy atom. The molecule has 278 valence electrons. The number of ether oxygens (including phenoxy) is 1. The molecule has 10 nitrogen and oxygen atoms in total. The summed E-state index contributed by atoms with van der Waals surface area (Å²) in [4.78, 5) is 36.1. The Balaban J connectivity index is 0.00000236. The zero-order valence-corrected chi connectivity index (χ0v) is 31.5. The highest BCUT2D eigenvalue weighted by atomic mass is 35.5. The van der Waals surface area contributed by atoms with Crippen molar-refractivity contribution >= 4 is 39.8 Å². The van der Waals surface area contributed by atoms with Crippen molar-refractivity contribution in [3.63, 3.8) is 0 Å². The van der Waals surface area contributed by atoms with E-state index in [1.54, 1.807) is 13.2 Å². The van der Waals surface area contributed by atoms with Gasteiger partial charge in [-0.2, -0.15) is 5.10 Å². The highest BCUT2D eigenvalue weighted by molar-refractivity contribution is 6.36. The first kappa shape index (κ1) is 37.8. The maximum atomic E-state index is 13.8. The molecule has 2 atom stereocenters. The first-order valence-electron chi connectivity index (χ1n) is 17.9. The summed E-state index contributed by atoms with van der Waals surface area (Å²) in [6.07, 6.45) is 2.72. The summed E-state index contributed by atoms with van der Waals surface area (Å²) in [6, 6.07) is 15.0. The number of halogens is 3. The van der Waals surface area contributed by atoms with Crippen molar-refractivity contribution in [1.82, 2.24) is 30.0 Å². The number of aryl methyl sites for hydroxylation is 2. The van der Waals surface area contributed by atoms with Crippen LogP contribution in [0.1, 0.15) is 74.4 Å². The second-order valence-corrected chi connectivity index (χ2v) is 13.6. The molecule has 53 heavy (non-hydrogen) atoms. The lowest BCUT2D eigenvalue weighted by Gasteiger charge is -2.27. The molecule has 0 saturated carbocycles. The van der Waals surface area contributed by atoms with Crippen LogP contribution in [0.5, 0.6) is 5.88 Å². The van der Waals surface area contributed by atoms with Gasteiger partial charge in [0.05, 0.1) is 29.4 Å². The highest BCUT2D eigenvalue weighted by Crippen LogP contribution is 2.45. The lowest BCUT2D eigenvalue weighted by Crippen LogP contribution is -2.31. The van der Waals surface area contributed by atoms with Crippen molar-refractivity contribution in [2.75, 3.05) is 26.0 Å². The molecule has 7 rings (SSSR count). The summed E-state index contributed by atoms with van der Waals surface area (Å²) in [5, 5.41) is 11.1. The van der Waals surface area contributed by atoms with Crippen LogP contribution in [0.2, 0.25) is 5.02 Å². The molecule has 2 aromatic carbocycles. The van der Waals surface area contributed by atoms with E-state index < -0.39 is 17.7 Å². The van der Waals surface area contributed by atoms with Crippen LogP contribution >= 0.6 is 11.6 Å². The molecular weight excluding hydrogens is 700 g/mol. The van der Waals surface area contributed by atoms with Gasteiger partial charge in [-0.15, -0.1) is 0 Å². The fourth-order valence-corrected chi connectivity index (χ4v) is 7.66. The van der Waals surface area contributed by atoms with Crippen LogP contribution in [-0.2, 0) is 18.3 Å². The van der Waals surface area contributed by atoms with E-state index in [1.165, 1.54) is 24.9 Å². The number of anilines is 2. The maximum Gasteiger partial charge on any atom is 0.280 e. The Kier molecular flexibility index (Phi) is 11.4. The number of benzene rings is 2. The molecule has 1 fully saturated rings. The summed E-state index contributed by atoms with van der Waals surface area (Å²) < 4.78 is 34.7. The molecule has 0 radical (unpaired) electrons. The fourth-order valence-electron chi connectivity index (χ4n) is 7.33. The number of hydrogen-bond donors (Lipinski definition) is 2. The van der Waals surface area contributed by atoms with Gasteiger partial charge < -0.3 is 15.4 Å². The Labute approximate surface area is 312 Å². The Bertz CT molecular complexity index is 2230. The molecular formula is C40H44ClF2N7O3. The number of methoxy groups -OCH3 is 1. The zero-order valence-electron chi connectivity index (χ0n) is 30.8. The lowest BCUT2D eigenvalue weighted by atomic mass is 9.96. The van der Waals surface area contributed by atoms with Gasteiger partial charge in [-0.25, -0.2) is 23.4 Å². The van der Waals surface area contributed by atoms with Crippen LogP contribution in [0.4, 0.5) is 20.3 Å². The van der Waals surface area contributed by atoms with Crippen molar-refractivity contribution in [3.8, 4) is 28.3 Å². The molecule has 2 unspecified atom stereocenters. The minimum atomic E-state index is -2.83. The molecule has 3 aromatic heterocycles. The van der Waals surface area contributed by atoms with Gasteiger partial charge in [0.1, 0.15) is 11.5 Å². The molecule has 1 amide bonds. The number of alkyl halides is 2. The number of aromatic nitrogens is 4. The van der Waals surface area contributed by atoms with Crippen LogP contribution in [0.15, 0.2) is 59.5 Å². The number of amides is 1. The van der Waals surface area contributed by atoms with Crippen LogP contribution in [-0.4, -0.2) is 57.3 Å². The van der Waals surface area contributed by atoms with E-state index in [0.29, 0.717) is 28.7 Å². The third kappa shape index (κ3) is 7.48. The number of pyridine rings is 2. The second kappa shape index (κ2) is 16.0. The summed E-state index contributed by atoms with van der Waals surface area (Å²) in [7, 11) is 5.24. The summed E-state index contributed by atoms with van der Waals surface area (Å²) in [5.74, 6) is 0.723. The molecule has 1 aliphatic heterocycles. The molecule has 5 aromatic rings. The first-order chi connectivity index (χ1) is 25.5. The van der Waals surface area contributed by atoms with Crippen LogP contribution in [0, 0.1) is 6.92 Å². The quantitative estimate of drug-likeness (QED) is 0.147. The van der Waals surface area contributed by atoms with E-state index in [4.69, 9.17) is 21.3 Å². The van der Waals surface area contributed by atoms with Crippen LogP contribution < -0.4 is 20.9 Å². The standard InChI is InChI=1S/C38H38ClF2N7O3.C2H6/c1-20-24(7-6-10-27(20)44-36-33-22(18-29(45-36)35(40)41)19-42-48(3)38(33)50)25-8-5-9-26(34(25)39)28-17-21-11-13-30(32(21)37(46-28)51-4)47(2)16-15-23-12-14-31(49)43-23;1-2/h5-10,17-19,23,30,35H,11-16H2,1-4H3,(H,43,49)(H,44,45);1-2H3. The molecule has 0 spiro atoms. The van der Waals surface area contributed by atoms with Crippen LogP contribution in [0.3, 0.4) is 0 Å². The number of fused-ring (bicyclic) bond motifs is 2. The minimum Gasteiger partial charge on any atom is -0.481 e. The predicted molar refractivity (Wildman–Crippen MR) is 205 cm³/mol. The average Bonchev–Trinajstić information content (AvgIpc) is 3.79. The van der Waals surface area contributed by atoms with Crippen molar-refractivity contribution in [1.29, 1.82) is 0 Å². The van der Waals surface area contributed by atoms with Gasteiger partial charge in [-0.05, 0) is 74.5 Å². The minimum absolute atomic E-state index is 0.0228. The molecule has 13 heteroatoms. The summed E-state index contributed by atoms with van der Waals surface area (Å²) in [6.45, 7) is 6.74. The summed E-state index contributed by atoms with van der Waals surface area (Å²) >= 11 is 7.19. The number of rotatable bonds is 10. The van der Waals surface area contributed by atoms with Gasteiger partial charge in [0.2, 0.25) is 11.8 Å². The number of nitrogens with one attached hydrogen (secondary N) is 2. The van der Waals surface area contributed by atoms with Crippen molar-refractivity contribution in [3.05, 3.63) is 92.5 Å². The Morgan fingerprint density at radius 2 is 1.79 bits per heavy atom. The maximum absolute atomic E-state index is 13.8. The monoisotopic (exact) mass is 743 g/mol. The van der Waals surface area contributed by atoms with Gasteiger partial charge >= 0.3 is 0 Å². The van der Waals surface area contributed by atoms with Gasteiger partial charge in [0.25, 0.3) is 12.0 Å². The normalized spacial score (nSPS) is 16.5.